The summed E-state index contributed by atoms with van der Waals surface area (Å²) in [6.45, 7) is 7.33. The molecule has 5 rings (SSSR count). The van der Waals surface area contributed by atoms with Gasteiger partial charge in [-0.05, 0) is 63.2 Å². The van der Waals surface area contributed by atoms with Gasteiger partial charge in [0.1, 0.15) is 17.6 Å². The molecule has 1 N–H and O–H groups in total. The number of likely N-dealkylation sites (tertiary alicyclic amines) is 1. The van der Waals surface area contributed by atoms with Crippen molar-refractivity contribution in [3.63, 3.8) is 0 Å². The summed E-state index contributed by atoms with van der Waals surface area (Å²) in [5.41, 5.74) is 1.81. The second-order valence-corrected chi connectivity index (χ2v) is 11.6. The summed E-state index contributed by atoms with van der Waals surface area (Å²) in [5.74, 6) is 2.25. The average molecular weight is 550 g/mol. The quantitative estimate of drug-likeness (QED) is 0.283. The van der Waals surface area contributed by atoms with E-state index in [0.29, 0.717) is 42.4 Å². The first kappa shape index (κ1) is 28.3. The maximum absolute atomic E-state index is 13.5. The molecule has 1 aromatic carbocycles. The Kier molecular flexibility index (Phi) is 8.59. The number of fused-ring (bicyclic) bond motifs is 1. The minimum Gasteiger partial charge on any atom is -0.496 e. The van der Waals surface area contributed by atoms with E-state index in [2.05, 4.69) is 27.2 Å². The van der Waals surface area contributed by atoms with Crippen LogP contribution in [0, 0.1) is 11.3 Å². The van der Waals surface area contributed by atoms with Crippen molar-refractivity contribution in [2.24, 2.45) is 18.4 Å². The van der Waals surface area contributed by atoms with Gasteiger partial charge < -0.3 is 19.4 Å². The van der Waals surface area contributed by atoms with E-state index >= 15 is 0 Å². The summed E-state index contributed by atoms with van der Waals surface area (Å²) in [6.07, 6.45) is 11.4. The number of carbonyl (C=O) groups is 2. The lowest BCUT2D eigenvalue weighted by Gasteiger charge is -2.32. The van der Waals surface area contributed by atoms with E-state index in [-0.39, 0.29) is 23.3 Å². The molecule has 2 fully saturated rings. The van der Waals surface area contributed by atoms with Gasteiger partial charge in [-0.25, -0.2) is 4.98 Å². The van der Waals surface area contributed by atoms with Gasteiger partial charge in [0.05, 0.1) is 24.4 Å². The first-order valence-electron chi connectivity index (χ1n) is 14.9. The van der Waals surface area contributed by atoms with Crippen LogP contribution in [0.3, 0.4) is 0 Å². The smallest absolute Gasteiger partial charge is 0.224 e. The van der Waals surface area contributed by atoms with Crippen LogP contribution < -0.4 is 10.1 Å². The van der Waals surface area contributed by atoms with E-state index in [1.807, 2.05) is 32.3 Å². The van der Waals surface area contributed by atoms with E-state index in [4.69, 9.17) is 9.15 Å². The minimum absolute atomic E-state index is 0.0682. The highest BCUT2D eigenvalue weighted by molar-refractivity contribution is 5.87. The Balaban J connectivity index is 1.31. The standard InChI is InChI=1S/C31H43N5O4/c1-5-22(37)10-8-7-9-11-25(33-29(38)24-18-31(24)12-14-36(6-2)15-13-31)30-32-19-28(40-30)23-16-21-20-35(3)34-26(21)17-27(23)39-4/h16-17,19-20,24-25H,5-15,18H2,1-4H3,(H,33,38)/t24-,25+/m1/s1. The van der Waals surface area contributed by atoms with Crippen LogP contribution in [0.15, 0.2) is 28.9 Å². The number of unbranched alkanes of at least 4 members (excludes halogenated alkanes) is 2. The van der Waals surface area contributed by atoms with Gasteiger partial charge in [-0.2, -0.15) is 5.10 Å². The van der Waals surface area contributed by atoms with Crippen LogP contribution in [0.4, 0.5) is 0 Å². The molecule has 1 aliphatic carbocycles. The number of carbonyl (C=O) groups excluding carboxylic acids is 2. The molecule has 1 saturated heterocycles. The molecule has 1 saturated carbocycles. The highest BCUT2D eigenvalue weighted by Crippen LogP contribution is 2.59. The van der Waals surface area contributed by atoms with Crippen molar-refractivity contribution in [1.29, 1.82) is 0 Å². The molecule has 1 spiro atoms. The van der Waals surface area contributed by atoms with Crippen LogP contribution in [0.25, 0.3) is 22.2 Å². The van der Waals surface area contributed by atoms with E-state index in [9.17, 15) is 9.59 Å². The fourth-order valence-electron chi connectivity index (χ4n) is 6.25. The lowest BCUT2D eigenvalue weighted by Crippen LogP contribution is -2.37. The SMILES string of the molecule is CCC(=O)CCCCC[C@H](NC(=O)[C@H]1CC12CCN(CC)CC2)c1ncc(-c2cc3cn(C)nc3cc2OC)o1. The second-order valence-electron chi connectivity index (χ2n) is 11.6. The van der Waals surface area contributed by atoms with Crippen molar-refractivity contribution in [3.05, 3.63) is 30.4 Å². The van der Waals surface area contributed by atoms with E-state index < -0.39 is 0 Å². The largest absolute Gasteiger partial charge is 0.496 e. The number of oxazole rings is 1. The van der Waals surface area contributed by atoms with Gasteiger partial charge in [-0.1, -0.05) is 26.7 Å². The van der Waals surface area contributed by atoms with Crippen molar-refractivity contribution in [2.45, 2.75) is 77.7 Å². The van der Waals surface area contributed by atoms with Crippen LogP contribution in [0.1, 0.15) is 83.6 Å². The number of Topliss-reactive ketones (excluding diaryl/α,β-unsaturated/α-hetero) is 1. The van der Waals surface area contributed by atoms with Gasteiger partial charge in [0.15, 0.2) is 5.76 Å². The lowest BCUT2D eigenvalue weighted by molar-refractivity contribution is -0.124. The zero-order valence-corrected chi connectivity index (χ0v) is 24.4. The number of aryl methyl sites for hydroxylation is 1. The maximum Gasteiger partial charge on any atom is 0.224 e. The molecule has 9 nitrogen and oxygen atoms in total. The topological polar surface area (TPSA) is 102 Å². The number of ketones is 1. The van der Waals surface area contributed by atoms with Crippen molar-refractivity contribution < 1.29 is 18.7 Å². The number of hydrogen-bond donors (Lipinski definition) is 1. The zero-order chi connectivity index (χ0) is 28.3. The van der Waals surface area contributed by atoms with Gasteiger partial charge >= 0.3 is 0 Å². The van der Waals surface area contributed by atoms with Gasteiger partial charge in [0.2, 0.25) is 11.8 Å². The van der Waals surface area contributed by atoms with Crippen molar-refractivity contribution >= 4 is 22.6 Å². The number of benzene rings is 1. The molecular weight excluding hydrogens is 506 g/mol. The summed E-state index contributed by atoms with van der Waals surface area (Å²) in [5, 5.41) is 8.77. The Bertz CT molecular complexity index is 1340. The third-order valence-corrected chi connectivity index (χ3v) is 8.99. The van der Waals surface area contributed by atoms with Gasteiger partial charge in [-0.15, -0.1) is 0 Å². The van der Waals surface area contributed by atoms with Gasteiger partial charge in [0.25, 0.3) is 0 Å². The summed E-state index contributed by atoms with van der Waals surface area (Å²) < 4.78 is 13.7. The van der Waals surface area contributed by atoms with Gasteiger partial charge in [-0.3, -0.25) is 14.3 Å². The Labute approximate surface area is 236 Å². The number of nitrogens with one attached hydrogen (secondary N) is 1. The Morgan fingerprint density at radius 1 is 1.20 bits per heavy atom. The number of hydrogen-bond acceptors (Lipinski definition) is 7. The number of methoxy groups -OCH3 is 1. The maximum atomic E-state index is 13.5. The molecule has 1 aliphatic heterocycles. The Morgan fingerprint density at radius 2 is 2.00 bits per heavy atom. The molecule has 40 heavy (non-hydrogen) atoms. The first-order chi connectivity index (χ1) is 19.4. The van der Waals surface area contributed by atoms with Crippen LogP contribution in [-0.4, -0.2) is 58.1 Å². The number of nitrogens with zero attached hydrogens (tertiary/aromatic N) is 4. The molecule has 2 aromatic heterocycles. The molecule has 216 valence electrons. The second kappa shape index (κ2) is 12.1. The average Bonchev–Trinajstić information content (AvgIpc) is 3.26. The number of piperidine rings is 1. The fraction of sp³-hybridized carbons (Fsp3) is 0.613. The van der Waals surface area contributed by atoms with E-state index in [1.54, 1.807) is 18.0 Å². The molecular formula is C31H43N5O4. The number of aromatic nitrogens is 3. The van der Waals surface area contributed by atoms with Gasteiger partial charge in [0, 0.05) is 43.5 Å². The van der Waals surface area contributed by atoms with Crippen LogP contribution >= 0.6 is 0 Å². The van der Waals surface area contributed by atoms with Crippen molar-refractivity contribution in [3.8, 4) is 17.1 Å². The highest BCUT2D eigenvalue weighted by atomic mass is 16.5. The molecule has 3 heterocycles. The summed E-state index contributed by atoms with van der Waals surface area (Å²) in [6, 6.07) is 3.59. The summed E-state index contributed by atoms with van der Waals surface area (Å²) in [4.78, 5) is 32.3. The molecule has 2 aliphatic rings. The van der Waals surface area contributed by atoms with Crippen LogP contribution in [-0.2, 0) is 16.6 Å². The van der Waals surface area contributed by atoms with Crippen molar-refractivity contribution in [1.82, 2.24) is 25.0 Å². The molecule has 2 atom stereocenters. The third-order valence-electron chi connectivity index (χ3n) is 8.99. The minimum atomic E-state index is -0.315. The number of ether oxygens (including phenoxy) is 1. The van der Waals surface area contributed by atoms with E-state index in [0.717, 1.165) is 74.6 Å². The molecule has 9 heteroatoms. The summed E-state index contributed by atoms with van der Waals surface area (Å²) in [7, 11) is 3.52. The normalized spacial score (nSPS) is 19.1. The number of amides is 1. The highest BCUT2D eigenvalue weighted by Gasteiger charge is 2.58. The number of rotatable bonds is 13. The lowest BCUT2D eigenvalue weighted by atomic mass is 9.90. The third kappa shape index (κ3) is 6.09. The predicted octanol–water partition coefficient (Wildman–Crippen LogP) is 5.45. The Morgan fingerprint density at radius 3 is 2.73 bits per heavy atom. The molecule has 0 radical (unpaired) electrons. The molecule has 0 bridgehead atoms. The predicted molar refractivity (Wildman–Crippen MR) is 154 cm³/mol. The zero-order valence-electron chi connectivity index (χ0n) is 24.4. The Hall–Kier alpha value is -3.20. The first-order valence-corrected chi connectivity index (χ1v) is 14.9. The van der Waals surface area contributed by atoms with Crippen LogP contribution in [0.5, 0.6) is 5.75 Å². The monoisotopic (exact) mass is 549 g/mol. The van der Waals surface area contributed by atoms with E-state index in [1.165, 1.54) is 0 Å². The summed E-state index contributed by atoms with van der Waals surface area (Å²) >= 11 is 0. The fourth-order valence-corrected chi connectivity index (χ4v) is 6.25. The molecule has 3 aromatic rings. The molecule has 1 amide bonds. The van der Waals surface area contributed by atoms with Crippen molar-refractivity contribution in [2.75, 3.05) is 26.7 Å². The van der Waals surface area contributed by atoms with Crippen LogP contribution in [0.2, 0.25) is 0 Å². The molecule has 0 unspecified atom stereocenters.